The highest BCUT2D eigenvalue weighted by Gasteiger charge is 1.95. The number of hydrogen-bond acceptors (Lipinski definition) is 3. The molecule has 0 amide bonds. The zero-order valence-electron chi connectivity index (χ0n) is 5.10. The molecule has 1 aromatic rings. The van der Waals surface area contributed by atoms with Gasteiger partial charge in [0.2, 0.25) is 5.95 Å². The molecule has 0 atom stereocenters. The van der Waals surface area contributed by atoms with Gasteiger partial charge in [0, 0.05) is 6.07 Å². The molecule has 3 N–H and O–H groups in total. The maximum Gasteiger partial charge on any atom is 0.252 e. The molecule has 0 aliphatic heterocycles. The van der Waals surface area contributed by atoms with Crippen LogP contribution in [0.25, 0.3) is 0 Å². The standard InChI is InChI=1S/C5H6FN3O/c6-2-3-1-4(10)9-5(7)8-3/h1H,2H2,(H3,7,8,9,10). The number of nitrogens with two attached hydrogens (primary N) is 1. The zero-order chi connectivity index (χ0) is 7.56. The summed E-state index contributed by atoms with van der Waals surface area (Å²) in [5, 5.41) is 0. The maximum atomic E-state index is 11.8. The molecule has 1 heterocycles. The lowest BCUT2D eigenvalue weighted by Crippen LogP contribution is -2.11. The largest absolute Gasteiger partial charge is 0.369 e. The van der Waals surface area contributed by atoms with E-state index in [4.69, 9.17) is 5.73 Å². The number of nitrogens with zero attached hydrogens (tertiary/aromatic N) is 1. The van der Waals surface area contributed by atoms with E-state index in [0.717, 1.165) is 6.07 Å². The first-order valence-corrected chi connectivity index (χ1v) is 2.64. The van der Waals surface area contributed by atoms with Gasteiger partial charge in [-0.2, -0.15) is 0 Å². The Hall–Kier alpha value is -1.39. The van der Waals surface area contributed by atoms with Gasteiger partial charge in [0.15, 0.2) is 0 Å². The van der Waals surface area contributed by atoms with Gasteiger partial charge in [-0.3, -0.25) is 9.78 Å². The fourth-order valence-electron chi connectivity index (χ4n) is 0.597. The molecule has 0 aromatic carbocycles. The number of halogens is 1. The van der Waals surface area contributed by atoms with Crippen LogP contribution < -0.4 is 11.3 Å². The van der Waals surface area contributed by atoms with Gasteiger partial charge in [0.05, 0.1) is 5.69 Å². The number of nitrogen functional groups attached to an aromatic ring is 1. The molecular formula is C5H6FN3O. The summed E-state index contributed by atoms with van der Waals surface area (Å²) >= 11 is 0. The summed E-state index contributed by atoms with van der Waals surface area (Å²) < 4.78 is 11.8. The second-order valence-electron chi connectivity index (χ2n) is 1.76. The molecule has 0 fully saturated rings. The average Bonchev–Trinajstić information content (AvgIpc) is 1.85. The molecule has 0 radical (unpaired) electrons. The highest BCUT2D eigenvalue weighted by Crippen LogP contribution is 1.93. The van der Waals surface area contributed by atoms with Gasteiger partial charge in [0.25, 0.3) is 5.56 Å². The van der Waals surface area contributed by atoms with Crippen molar-refractivity contribution in [3.63, 3.8) is 0 Å². The third-order valence-corrected chi connectivity index (χ3v) is 0.950. The highest BCUT2D eigenvalue weighted by molar-refractivity contribution is 5.16. The molecule has 0 saturated carbocycles. The minimum Gasteiger partial charge on any atom is -0.369 e. The van der Waals surface area contributed by atoms with E-state index in [2.05, 4.69) is 9.97 Å². The number of H-pyrrole nitrogens is 1. The van der Waals surface area contributed by atoms with Crippen LogP contribution in [-0.2, 0) is 6.67 Å². The number of nitrogens with one attached hydrogen (secondary N) is 1. The molecule has 1 aromatic heterocycles. The van der Waals surface area contributed by atoms with Gasteiger partial charge >= 0.3 is 0 Å². The van der Waals surface area contributed by atoms with Gasteiger partial charge in [-0.1, -0.05) is 0 Å². The Balaban J connectivity index is 3.19. The van der Waals surface area contributed by atoms with Crippen LogP contribution in [0.2, 0.25) is 0 Å². The molecule has 5 heteroatoms. The summed E-state index contributed by atoms with van der Waals surface area (Å²) in [5.74, 6) is -0.0554. The van der Waals surface area contributed by atoms with Crippen LogP contribution in [-0.4, -0.2) is 9.97 Å². The van der Waals surface area contributed by atoms with Crippen molar-refractivity contribution in [1.82, 2.24) is 9.97 Å². The number of alkyl halides is 1. The van der Waals surface area contributed by atoms with E-state index in [0.29, 0.717) is 0 Å². The first kappa shape index (κ1) is 6.73. The predicted octanol–water partition coefficient (Wildman–Crippen LogP) is -0.178. The highest BCUT2D eigenvalue weighted by atomic mass is 19.1. The predicted molar refractivity (Wildman–Crippen MR) is 34.1 cm³/mol. The Bertz CT molecular complexity index is 282. The number of rotatable bonds is 1. The molecular weight excluding hydrogens is 137 g/mol. The summed E-state index contributed by atoms with van der Waals surface area (Å²) in [4.78, 5) is 16.2. The zero-order valence-corrected chi connectivity index (χ0v) is 5.10. The molecule has 4 nitrogen and oxygen atoms in total. The summed E-state index contributed by atoms with van der Waals surface area (Å²) in [6.45, 7) is -0.770. The van der Waals surface area contributed by atoms with Crippen LogP contribution in [0.15, 0.2) is 10.9 Å². The summed E-state index contributed by atoms with van der Waals surface area (Å²) in [5.41, 5.74) is 4.73. The van der Waals surface area contributed by atoms with Crippen LogP contribution in [0.1, 0.15) is 5.69 Å². The Morgan fingerprint density at radius 3 is 3.00 bits per heavy atom. The van der Waals surface area contributed by atoms with Crippen molar-refractivity contribution >= 4 is 5.95 Å². The lowest BCUT2D eigenvalue weighted by molar-refractivity contribution is 0.475. The van der Waals surface area contributed by atoms with Crippen molar-refractivity contribution in [2.24, 2.45) is 0 Å². The van der Waals surface area contributed by atoms with Crippen LogP contribution in [0.5, 0.6) is 0 Å². The summed E-state index contributed by atoms with van der Waals surface area (Å²) in [6, 6.07) is 1.07. The van der Waals surface area contributed by atoms with E-state index in [9.17, 15) is 9.18 Å². The minimum atomic E-state index is -0.770. The molecule has 10 heavy (non-hydrogen) atoms. The van der Waals surface area contributed by atoms with Crippen molar-refractivity contribution in [2.75, 3.05) is 5.73 Å². The molecule has 54 valence electrons. The van der Waals surface area contributed by atoms with E-state index >= 15 is 0 Å². The van der Waals surface area contributed by atoms with E-state index in [-0.39, 0.29) is 11.6 Å². The minimum absolute atomic E-state index is 0.0554. The van der Waals surface area contributed by atoms with Crippen molar-refractivity contribution in [1.29, 1.82) is 0 Å². The lowest BCUT2D eigenvalue weighted by Gasteiger charge is -1.93. The quantitative estimate of drug-likeness (QED) is 0.572. The fourth-order valence-corrected chi connectivity index (χ4v) is 0.597. The van der Waals surface area contributed by atoms with E-state index < -0.39 is 12.2 Å². The summed E-state index contributed by atoms with van der Waals surface area (Å²) in [7, 11) is 0. The lowest BCUT2D eigenvalue weighted by atomic mass is 10.4. The average molecular weight is 143 g/mol. The van der Waals surface area contributed by atoms with Gasteiger partial charge < -0.3 is 5.73 Å². The monoisotopic (exact) mass is 143 g/mol. The van der Waals surface area contributed by atoms with Crippen molar-refractivity contribution in [2.45, 2.75) is 6.67 Å². The van der Waals surface area contributed by atoms with Crippen LogP contribution in [0.3, 0.4) is 0 Å². The van der Waals surface area contributed by atoms with Crippen molar-refractivity contribution in [3.05, 3.63) is 22.1 Å². The Kier molecular flexibility index (Phi) is 1.66. The Labute approximate surface area is 55.9 Å². The molecule has 0 bridgehead atoms. The molecule has 0 aliphatic rings. The van der Waals surface area contributed by atoms with Gasteiger partial charge in [-0.15, -0.1) is 0 Å². The SMILES string of the molecule is Nc1nc(CF)cc(=O)[nH]1. The van der Waals surface area contributed by atoms with Gasteiger partial charge in [-0.25, -0.2) is 9.37 Å². The number of hydrogen-bond donors (Lipinski definition) is 2. The fraction of sp³-hybridized carbons (Fsp3) is 0.200. The Morgan fingerprint density at radius 2 is 2.50 bits per heavy atom. The summed E-state index contributed by atoms with van der Waals surface area (Å²) in [6.07, 6.45) is 0. The smallest absolute Gasteiger partial charge is 0.252 e. The molecule has 1 rings (SSSR count). The first-order chi connectivity index (χ1) is 4.72. The van der Waals surface area contributed by atoms with Crippen molar-refractivity contribution < 1.29 is 4.39 Å². The number of anilines is 1. The van der Waals surface area contributed by atoms with Gasteiger partial charge in [-0.05, 0) is 0 Å². The maximum absolute atomic E-state index is 11.8. The number of aromatic nitrogens is 2. The van der Waals surface area contributed by atoms with E-state index in [1.165, 1.54) is 0 Å². The second kappa shape index (κ2) is 2.47. The van der Waals surface area contributed by atoms with Crippen LogP contribution in [0.4, 0.5) is 10.3 Å². The Morgan fingerprint density at radius 1 is 1.80 bits per heavy atom. The van der Waals surface area contributed by atoms with E-state index in [1.54, 1.807) is 0 Å². The molecule has 0 spiro atoms. The van der Waals surface area contributed by atoms with Crippen LogP contribution in [0, 0.1) is 0 Å². The van der Waals surface area contributed by atoms with Crippen LogP contribution >= 0.6 is 0 Å². The molecule has 0 unspecified atom stereocenters. The first-order valence-electron chi connectivity index (χ1n) is 2.64. The second-order valence-corrected chi connectivity index (χ2v) is 1.76. The van der Waals surface area contributed by atoms with Gasteiger partial charge in [0.1, 0.15) is 6.67 Å². The third kappa shape index (κ3) is 1.31. The number of aromatic amines is 1. The topological polar surface area (TPSA) is 71.8 Å². The molecule has 0 aliphatic carbocycles. The normalized spacial score (nSPS) is 9.70. The third-order valence-electron chi connectivity index (χ3n) is 0.950. The van der Waals surface area contributed by atoms with Crippen molar-refractivity contribution in [3.8, 4) is 0 Å². The van der Waals surface area contributed by atoms with E-state index in [1.807, 2.05) is 0 Å². The molecule has 0 saturated heterocycles.